The summed E-state index contributed by atoms with van der Waals surface area (Å²) in [6.45, 7) is 3.94. The zero-order valence-electron chi connectivity index (χ0n) is 12.1. The van der Waals surface area contributed by atoms with E-state index in [9.17, 15) is 8.42 Å². The molecule has 5 heteroatoms. The predicted octanol–water partition coefficient (Wildman–Crippen LogP) is 2.39. The first-order chi connectivity index (χ1) is 8.43. The second-order valence-electron chi connectivity index (χ2n) is 5.22. The number of sulfone groups is 1. The SMILES string of the molecule is CCCCCCCCCC(NN)C(C)S(C)(=O)=O. The second-order valence-corrected chi connectivity index (χ2v) is 7.62. The molecule has 0 aromatic heterocycles. The highest BCUT2D eigenvalue weighted by atomic mass is 32.2. The Hall–Kier alpha value is -0.130. The molecule has 0 aliphatic carbocycles. The Kier molecular flexibility index (Phi) is 9.68. The van der Waals surface area contributed by atoms with Crippen LogP contribution in [0.25, 0.3) is 0 Å². The summed E-state index contributed by atoms with van der Waals surface area (Å²) >= 11 is 0. The zero-order valence-corrected chi connectivity index (χ0v) is 12.9. The number of unbranched alkanes of at least 4 members (excludes halogenated alkanes) is 6. The van der Waals surface area contributed by atoms with Crippen molar-refractivity contribution in [2.75, 3.05) is 6.26 Å². The Bertz CT molecular complexity index is 291. The van der Waals surface area contributed by atoms with Crippen LogP contribution in [0.15, 0.2) is 0 Å². The summed E-state index contributed by atoms with van der Waals surface area (Å²) in [5, 5.41) is -0.414. The van der Waals surface area contributed by atoms with Gasteiger partial charge in [0.15, 0.2) is 9.84 Å². The molecule has 0 heterocycles. The van der Waals surface area contributed by atoms with Gasteiger partial charge in [0.05, 0.1) is 5.25 Å². The molecule has 0 rings (SSSR count). The molecule has 0 aliphatic heterocycles. The molecule has 18 heavy (non-hydrogen) atoms. The molecule has 2 unspecified atom stereocenters. The van der Waals surface area contributed by atoms with Gasteiger partial charge in [-0.1, -0.05) is 51.9 Å². The van der Waals surface area contributed by atoms with E-state index in [4.69, 9.17) is 5.84 Å². The average molecular weight is 278 g/mol. The first-order valence-electron chi connectivity index (χ1n) is 7.08. The van der Waals surface area contributed by atoms with Crippen LogP contribution in [0.5, 0.6) is 0 Å². The molecule has 0 saturated heterocycles. The van der Waals surface area contributed by atoms with E-state index in [1.807, 2.05) is 0 Å². The van der Waals surface area contributed by atoms with Crippen LogP contribution in [0.1, 0.15) is 65.2 Å². The Morgan fingerprint density at radius 1 is 1.06 bits per heavy atom. The fraction of sp³-hybridized carbons (Fsp3) is 1.00. The van der Waals surface area contributed by atoms with Gasteiger partial charge in [-0.3, -0.25) is 11.3 Å². The van der Waals surface area contributed by atoms with Crippen molar-refractivity contribution < 1.29 is 8.42 Å². The molecular weight excluding hydrogens is 248 g/mol. The van der Waals surface area contributed by atoms with Crippen molar-refractivity contribution in [2.45, 2.75) is 76.5 Å². The summed E-state index contributed by atoms with van der Waals surface area (Å²) in [5.41, 5.74) is 2.64. The third kappa shape index (κ3) is 8.06. The Morgan fingerprint density at radius 3 is 2.00 bits per heavy atom. The summed E-state index contributed by atoms with van der Waals surface area (Å²) < 4.78 is 22.9. The van der Waals surface area contributed by atoms with Gasteiger partial charge in [-0.15, -0.1) is 0 Å². The van der Waals surface area contributed by atoms with Gasteiger partial charge in [0.2, 0.25) is 0 Å². The van der Waals surface area contributed by atoms with Crippen LogP contribution in [0.2, 0.25) is 0 Å². The van der Waals surface area contributed by atoms with Gasteiger partial charge in [0.1, 0.15) is 0 Å². The van der Waals surface area contributed by atoms with Crippen molar-refractivity contribution in [2.24, 2.45) is 5.84 Å². The largest absolute Gasteiger partial charge is 0.271 e. The van der Waals surface area contributed by atoms with Crippen molar-refractivity contribution in [1.82, 2.24) is 5.43 Å². The summed E-state index contributed by atoms with van der Waals surface area (Å²) in [6.07, 6.45) is 10.7. The number of hydrogen-bond acceptors (Lipinski definition) is 4. The molecule has 0 aromatic carbocycles. The van der Waals surface area contributed by atoms with Crippen molar-refractivity contribution >= 4 is 9.84 Å². The molecule has 0 radical (unpaired) electrons. The molecule has 0 spiro atoms. The highest BCUT2D eigenvalue weighted by Crippen LogP contribution is 2.13. The van der Waals surface area contributed by atoms with E-state index in [2.05, 4.69) is 12.3 Å². The van der Waals surface area contributed by atoms with E-state index in [1.165, 1.54) is 44.8 Å². The predicted molar refractivity (Wildman–Crippen MR) is 78.0 cm³/mol. The van der Waals surface area contributed by atoms with Crippen molar-refractivity contribution in [3.05, 3.63) is 0 Å². The first-order valence-corrected chi connectivity index (χ1v) is 9.04. The van der Waals surface area contributed by atoms with Crippen molar-refractivity contribution in [3.8, 4) is 0 Å². The van der Waals surface area contributed by atoms with Gasteiger partial charge in [0.25, 0.3) is 0 Å². The summed E-state index contributed by atoms with van der Waals surface area (Å²) in [6, 6.07) is -0.129. The maximum Gasteiger partial charge on any atom is 0.151 e. The lowest BCUT2D eigenvalue weighted by atomic mass is 10.0. The average Bonchev–Trinajstić information content (AvgIpc) is 2.31. The van der Waals surface area contributed by atoms with E-state index < -0.39 is 15.1 Å². The summed E-state index contributed by atoms with van der Waals surface area (Å²) in [7, 11) is -3.01. The summed E-state index contributed by atoms with van der Waals surface area (Å²) in [4.78, 5) is 0. The van der Waals surface area contributed by atoms with Crippen LogP contribution in [0.3, 0.4) is 0 Å². The minimum absolute atomic E-state index is 0.129. The van der Waals surface area contributed by atoms with Crippen LogP contribution in [-0.4, -0.2) is 26.0 Å². The second kappa shape index (κ2) is 9.75. The minimum atomic E-state index is -3.01. The molecule has 0 aromatic rings. The molecule has 3 N–H and O–H groups in total. The molecule has 110 valence electrons. The quantitative estimate of drug-likeness (QED) is 0.346. The van der Waals surface area contributed by atoms with Gasteiger partial charge < -0.3 is 0 Å². The van der Waals surface area contributed by atoms with Gasteiger partial charge in [-0.2, -0.15) is 0 Å². The van der Waals surface area contributed by atoms with Gasteiger partial charge in [0, 0.05) is 12.3 Å². The van der Waals surface area contributed by atoms with E-state index in [0.29, 0.717) is 0 Å². The van der Waals surface area contributed by atoms with E-state index in [0.717, 1.165) is 12.8 Å². The fourth-order valence-corrected chi connectivity index (χ4v) is 2.88. The molecule has 0 bridgehead atoms. The van der Waals surface area contributed by atoms with Crippen LogP contribution < -0.4 is 11.3 Å². The number of nitrogens with two attached hydrogens (primary N) is 1. The summed E-state index contributed by atoms with van der Waals surface area (Å²) in [5.74, 6) is 5.44. The highest BCUT2D eigenvalue weighted by molar-refractivity contribution is 7.91. The van der Waals surface area contributed by atoms with E-state index >= 15 is 0 Å². The maximum atomic E-state index is 11.4. The molecule has 0 fully saturated rings. The van der Waals surface area contributed by atoms with Crippen LogP contribution in [0, 0.1) is 0 Å². The fourth-order valence-electron chi connectivity index (χ4n) is 2.07. The monoisotopic (exact) mass is 278 g/mol. The number of nitrogens with one attached hydrogen (secondary N) is 1. The molecule has 0 aliphatic rings. The van der Waals surface area contributed by atoms with Gasteiger partial charge in [-0.05, 0) is 13.3 Å². The zero-order chi connectivity index (χ0) is 14.0. The smallest absolute Gasteiger partial charge is 0.151 e. The molecule has 0 amide bonds. The Morgan fingerprint density at radius 2 is 1.56 bits per heavy atom. The maximum absolute atomic E-state index is 11.4. The Balaban J connectivity index is 3.75. The standard InChI is InChI=1S/C13H30N2O2S/c1-4-5-6-7-8-9-10-11-13(15-14)12(2)18(3,16)17/h12-13,15H,4-11,14H2,1-3H3. The highest BCUT2D eigenvalue weighted by Gasteiger charge is 2.24. The lowest BCUT2D eigenvalue weighted by Crippen LogP contribution is -2.45. The lowest BCUT2D eigenvalue weighted by molar-refractivity contribution is 0.445. The number of hydrogen-bond donors (Lipinski definition) is 2. The van der Waals surface area contributed by atoms with Crippen LogP contribution in [0.4, 0.5) is 0 Å². The molecule has 0 saturated carbocycles. The minimum Gasteiger partial charge on any atom is -0.271 e. The van der Waals surface area contributed by atoms with Crippen molar-refractivity contribution in [3.63, 3.8) is 0 Å². The van der Waals surface area contributed by atoms with Crippen LogP contribution >= 0.6 is 0 Å². The lowest BCUT2D eigenvalue weighted by Gasteiger charge is -2.21. The normalized spacial score (nSPS) is 15.6. The number of hydrazine groups is 1. The van der Waals surface area contributed by atoms with E-state index in [-0.39, 0.29) is 6.04 Å². The van der Waals surface area contributed by atoms with Gasteiger partial charge >= 0.3 is 0 Å². The van der Waals surface area contributed by atoms with Gasteiger partial charge in [-0.25, -0.2) is 8.42 Å². The first kappa shape index (κ1) is 17.9. The Labute approximate surface area is 113 Å². The third-order valence-electron chi connectivity index (χ3n) is 3.57. The number of rotatable bonds is 11. The van der Waals surface area contributed by atoms with Crippen molar-refractivity contribution in [1.29, 1.82) is 0 Å². The topological polar surface area (TPSA) is 72.2 Å². The third-order valence-corrected chi connectivity index (χ3v) is 5.25. The van der Waals surface area contributed by atoms with E-state index in [1.54, 1.807) is 6.92 Å². The van der Waals surface area contributed by atoms with Crippen LogP contribution in [-0.2, 0) is 9.84 Å². The molecule has 2 atom stereocenters. The molecule has 4 nitrogen and oxygen atoms in total. The molecular formula is C13H30N2O2S.